The maximum absolute atomic E-state index is 12.2. The van der Waals surface area contributed by atoms with E-state index in [2.05, 4.69) is 26.1 Å². The van der Waals surface area contributed by atoms with Gasteiger partial charge in [-0.3, -0.25) is 4.79 Å². The second-order valence-electron chi connectivity index (χ2n) is 6.79. The molecule has 1 aromatic carbocycles. The van der Waals surface area contributed by atoms with Gasteiger partial charge >= 0.3 is 5.69 Å². The summed E-state index contributed by atoms with van der Waals surface area (Å²) in [5, 5.41) is 7.19. The van der Waals surface area contributed by atoms with Gasteiger partial charge in [-0.2, -0.15) is 5.10 Å². The van der Waals surface area contributed by atoms with E-state index in [1.165, 1.54) is 4.57 Å². The Labute approximate surface area is 158 Å². The van der Waals surface area contributed by atoms with Crippen molar-refractivity contribution >= 4 is 33.4 Å². The molecule has 1 N–H and O–H groups in total. The average molecular weight is 426 g/mol. The molecule has 25 heavy (non-hydrogen) atoms. The zero-order valence-corrected chi connectivity index (χ0v) is 15.9. The van der Waals surface area contributed by atoms with Crippen LogP contribution in [-0.4, -0.2) is 38.7 Å². The molecule has 1 aromatic heterocycles. The van der Waals surface area contributed by atoms with Crippen LogP contribution in [0.15, 0.2) is 27.5 Å². The first-order chi connectivity index (χ1) is 12.0. The highest BCUT2D eigenvalue weighted by atomic mass is 79.9. The van der Waals surface area contributed by atoms with E-state index in [1.807, 2.05) is 11.0 Å². The minimum Gasteiger partial charge on any atom is -0.342 e. The van der Waals surface area contributed by atoms with Crippen molar-refractivity contribution in [1.82, 2.24) is 19.7 Å². The Morgan fingerprint density at radius 1 is 1.36 bits per heavy atom. The number of hydrogen-bond acceptors (Lipinski definition) is 3. The third-order valence-electron chi connectivity index (χ3n) is 4.89. The molecule has 8 heteroatoms. The summed E-state index contributed by atoms with van der Waals surface area (Å²) < 4.78 is 2.38. The van der Waals surface area contributed by atoms with Crippen molar-refractivity contribution in [3.05, 3.63) is 44.0 Å². The Kier molecular flexibility index (Phi) is 4.45. The smallest absolute Gasteiger partial charge is 0.342 e. The molecule has 1 saturated heterocycles. The average Bonchev–Trinajstić information content (AvgIpc) is 3.23. The molecule has 132 valence electrons. The Bertz CT molecular complexity index is 874. The predicted octanol–water partition coefficient (Wildman–Crippen LogP) is 2.78. The van der Waals surface area contributed by atoms with Gasteiger partial charge in [-0.1, -0.05) is 27.5 Å². The number of nitrogens with one attached hydrogen (secondary N) is 1. The first-order valence-electron chi connectivity index (χ1n) is 8.43. The number of aromatic nitrogens is 3. The topological polar surface area (TPSA) is 71.0 Å². The van der Waals surface area contributed by atoms with Gasteiger partial charge in [-0.15, -0.1) is 0 Å². The quantitative estimate of drug-likeness (QED) is 0.819. The zero-order chi connectivity index (χ0) is 17.6. The molecule has 2 aromatic rings. The van der Waals surface area contributed by atoms with Gasteiger partial charge in [0.2, 0.25) is 5.91 Å². The fourth-order valence-corrected chi connectivity index (χ4v) is 4.18. The van der Waals surface area contributed by atoms with E-state index in [1.54, 1.807) is 12.1 Å². The third kappa shape index (κ3) is 3.40. The fraction of sp³-hybridized carbons (Fsp3) is 0.471. The molecule has 1 aliphatic carbocycles. The zero-order valence-electron chi connectivity index (χ0n) is 13.5. The van der Waals surface area contributed by atoms with Crippen molar-refractivity contribution in [1.29, 1.82) is 0 Å². The molecule has 4 rings (SSSR count). The van der Waals surface area contributed by atoms with E-state index in [9.17, 15) is 9.59 Å². The SMILES string of the molecule is O=C(C1CC1)N1CC[C@@H](Cc2n[nH]c(=O)n2-c2ccc(Br)cc2Cl)C1. The highest BCUT2D eigenvalue weighted by molar-refractivity contribution is 9.10. The summed E-state index contributed by atoms with van der Waals surface area (Å²) in [5.41, 5.74) is 0.311. The number of nitrogens with zero attached hydrogens (tertiary/aromatic N) is 3. The molecule has 0 spiro atoms. The third-order valence-corrected chi connectivity index (χ3v) is 5.68. The lowest BCUT2D eigenvalue weighted by Gasteiger charge is -2.16. The standard InChI is InChI=1S/C17H18BrClN4O2/c18-12-3-4-14(13(19)8-12)23-15(20-21-17(23)25)7-10-5-6-22(9-10)16(24)11-1-2-11/h3-4,8,10-11H,1-2,5-7,9H2,(H,21,25)/t10-/m0/s1. The Morgan fingerprint density at radius 3 is 2.88 bits per heavy atom. The van der Waals surface area contributed by atoms with Crippen molar-refractivity contribution in [2.45, 2.75) is 25.7 Å². The summed E-state index contributed by atoms with van der Waals surface area (Å²) in [5.74, 6) is 1.51. The van der Waals surface area contributed by atoms with Crippen LogP contribution in [0.3, 0.4) is 0 Å². The van der Waals surface area contributed by atoms with E-state index in [0.717, 1.165) is 36.8 Å². The first-order valence-corrected chi connectivity index (χ1v) is 9.60. The van der Waals surface area contributed by atoms with Gasteiger partial charge in [0.05, 0.1) is 10.7 Å². The number of carbonyl (C=O) groups is 1. The lowest BCUT2D eigenvalue weighted by Crippen LogP contribution is -2.30. The number of likely N-dealkylation sites (tertiary alicyclic amines) is 1. The minimum absolute atomic E-state index is 0.254. The van der Waals surface area contributed by atoms with Gasteiger partial charge in [0.15, 0.2) is 0 Å². The molecule has 2 aliphatic rings. The Morgan fingerprint density at radius 2 is 2.16 bits per heavy atom. The summed E-state index contributed by atoms with van der Waals surface area (Å²) in [6.07, 6.45) is 3.63. The van der Waals surface area contributed by atoms with Crippen LogP contribution in [0.5, 0.6) is 0 Å². The van der Waals surface area contributed by atoms with Crippen LogP contribution >= 0.6 is 27.5 Å². The summed E-state index contributed by atoms with van der Waals surface area (Å²) in [6.45, 7) is 1.54. The van der Waals surface area contributed by atoms with Crippen LogP contribution in [0.4, 0.5) is 0 Å². The largest absolute Gasteiger partial charge is 0.347 e. The van der Waals surface area contributed by atoms with Gasteiger partial charge in [0.25, 0.3) is 0 Å². The Hall–Kier alpha value is -1.60. The van der Waals surface area contributed by atoms with Crippen molar-refractivity contribution in [2.24, 2.45) is 11.8 Å². The molecule has 2 heterocycles. The lowest BCUT2D eigenvalue weighted by molar-refractivity contribution is -0.131. The second-order valence-corrected chi connectivity index (χ2v) is 8.12. The summed E-state index contributed by atoms with van der Waals surface area (Å²) in [6, 6.07) is 5.40. The monoisotopic (exact) mass is 424 g/mol. The maximum Gasteiger partial charge on any atom is 0.347 e. The number of aromatic amines is 1. The minimum atomic E-state index is -0.303. The molecule has 6 nitrogen and oxygen atoms in total. The van der Waals surface area contributed by atoms with Gasteiger partial charge in [-0.05, 0) is 43.4 Å². The first kappa shape index (κ1) is 16.8. The number of rotatable bonds is 4. The van der Waals surface area contributed by atoms with Crippen molar-refractivity contribution in [3.63, 3.8) is 0 Å². The Balaban J connectivity index is 1.54. The van der Waals surface area contributed by atoms with Gasteiger partial charge in [0, 0.05) is 29.9 Å². The molecule has 0 unspecified atom stereocenters. The summed E-state index contributed by atoms with van der Waals surface area (Å²) in [7, 11) is 0. The molecule has 0 bridgehead atoms. The maximum atomic E-state index is 12.2. The van der Waals surface area contributed by atoms with Gasteiger partial charge < -0.3 is 4.90 Å². The van der Waals surface area contributed by atoms with Crippen LogP contribution in [0.2, 0.25) is 5.02 Å². The van der Waals surface area contributed by atoms with Crippen molar-refractivity contribution < 1.29 is 4.79 Å². The highest BCUT2D eigenvalue weighted by Crippen LogP contribution is 2.33. The van der Waals surface area contributed by atoms with Gasteiger partial charge in [-0.25, -0.2) is 14.5 Å². The van der Waals surface area contributed by atoms with Crippen LogP contribution in [0, 0.1) is 11.8 Å². The van der Waals surface area contributed by atoms with E-state index in [0.29, 0.717) is 28.9 Å². The molecule has 1 amide bonds. The molecule has 2 fully saturated rings. The summed E-state index contributed by atoms with van der Waals surface area (Å²) in [4.78, 5) is 26.4. The number of benzene rings is 1. The molecular weight excluding hydrogens is 408 g/mol. The van der Waals surface area contributed by atoms with Crippen molar-refractivity contribution in [3.8, 4) is 5.69 Å². The lowest BCUT2D eigenvalue weighted by atomic mass is 10.0. The van der Waals surface area contributed by atoms with Gasteiger partial charge in [0.1, 0.15) is 5.82 Å². The normalized spacial score (nSPS) is 20.2. The molecule has 1 aliphatic heterocycles. The molecular formula is C17H18BrClN4O2. The predicted molar refractivity (Wildman–Crippen MR) is 98.0 cm³/mol. The van der Waals surface area contributed by atoms with Crippen LogP contribution in [0.25, 0.3) is 5.69 Å². The van der Waals surface area contributed by atoms with E-state index >= 15 is 0 Å². The number of amides is 1. The van der Waals surface area contributed by atoms with E-state index < -0.39 is 0 Å². The van der Waals surface area contributed by atoms with E-state index in [-0.39, 0.29) is 17.5 Å². The van der Waals surface area contributed by atoms with Crippen LogP contribution in [0.1, 0.15) is 25.1 Å². The molecule has 0 radical (unpaired) electrons. The summed E-state index contributed by atoms with van der Waals surface area (Å²) >= 11 is 9.68. The number of carbonyl (C=O) groups excluding carboxylic acids is 1. The number of hydrogen-bond donors (Lipinski definition) is 1. The fourth-order valence-electron chi connectivity index (χ4n) is 3.42. The van der Waals surface area contributed by atoms with Crippen molar-refractivity contribution in [2.75, 3.05) is 13.1 Å². The molecule has 1 saturated carbocycles. The molecule has 1 atom stereocenters. The number of H-pyrrole nitrogens is 1. The van der Waals surface area contributed by atoms with E-state index in [4.69, 9.17) is 11.6 Å². The highest BCUT2D eigenvalue weighted by Gasteiger charge is 2.36. The van der Waals surface area contributed by atoms with Crippen LogP contribution in [-0.2, 0) is 11.2 Å². The second kappa shape index (κ2) is 6.61. The van der Waals surface area contributed by atoms with Crippen LogP contribution < -0.4 is 5.69 Å². The number of halogens is 2.